The number of hydrogen-bond acceptors (Lipinski definition) is 9. The van der Waals surface area contributed by atoms with Crippen molar-refractivity contribution in [2.75, 3.05) is 20.7 Å². The maximum atomic E-state index is 13.1. The molecule has 8 unspecified atom stereocenters. The minimum atomic E-state index is -1.48. The maximum absolute atomic E-state index is 13.1. The smallest absolute Gasteiger partial charge is 0.874 e. The summed E-state index contributed by atoms with van der Waals surface area (Å²) in [4.78, 5) is 51.7. The van der Waals surface area contributed by atoms with Gasteiger partial charge in [-0.2, -0.15) is 0 Å². The molecular weight excluding hydrogens is 505 g/mol. The van der Waals surface area contributed by atoms with Crippen LogP contribution in [-0.4, -0.2) is 78.7 Å². The van der Waals surface area contributed by atoms with Crippen LogP contribution in [0.15, 0.2) is 35.1 Å². The zero-order valence-corrected chi connectivity index (χ0v) is 25.2. The molecule has 8 atom stereocenters. The molecule has 2 bridgehead atoms. The van der Waals surface area contributed by atoms with Crippen molar-refractivity contribution in [3.63, 3.8) is 0 Å². The number of esters is 1. The van der Waals surface area contributed by atoms with E-state index in [9.17, 15) is 24.3 Å². The molecule has 0 radical (unpaired) electrons. The molecule has 1 spiro atoms. The van der Waals surface area contributed by atoms with E-state index in [1.807, 2.05) is 19.9 Å². The third-order valence-electron chi connectivity index (χ3n) is 7.96. The Hall–Kier alpha value is -1.82. The van der Waals surface area contributed by atoms with Crippen LogP contribution >= 0.6 is 0 Å². The molecule has 0 aliphatic carbocycles. The molecule has 0 aromatic carbocycles. The van der Waals surface area contributed by atoms with E-state index in [4.69, 9.17) is 18.9 Å². The molecule has 3 saturated heterocycles. The summed E-state index contributed by atoms with van der Waals surface area (Å²) in [5.41, 5.74) is -0.797. The second kappa shape index (κ2) is 11.0. The van der Waals surface area contributed by atoms with Crippen molar-refractivity contribution in [2.45, 2.75) is 70.7 Å². The number of Topliss-reactive ketones (excluding diaryl/α,β-unsaturated/α-hetero) is 1. The zero-order chi connectivity index (χ0) is 27.4. The van der Waals surface area contributed by atoms with Crippen molar-refractivity contribution in [1.29, 1.82) is 0 Å². The van der Waals surface area contributed by atoms with Crippen LogP contribution in [0.1, 0.15) is 41.0 Å². The summed E-state index contributed by atoms with van der Waals surface area (Å²) in [5.74, 6) is -5.28. The summed E-state index contributed by atoms with van der Waals surface area (Å²) in [6, 6.07) is 0. The zero-order valence-electron chi connectivity index (χ0n) is 23.2. The Kier molecular flexibility index (Phi) is 8.88. The van der Waals surface area contributed by atoms with Gasteiger partial charge in [0.05, 0.1) is 24.9 Å². The van der Waals surface area contributed by atoms with Gasteiger partial charge in [0.25, 0.3) is 5.91 Å². The molecule has 11 heteroatoms. The van der Waals surface area contributed by atoms with Crippen molar-refractivity contribution in [3.05, 3.63) is 35.1 Å². The molecule has 0 saturated carbocycles. The van der Waals surface area contributed by atoms with Crippen molar-refractivity contribution in [2.24, 2.45) is 17.8 Å². The molecule has 4 heterocycles. The summed E-state index contributed by atoms with van der Waals surface area (Å²) < 4.78 is 24.1. The largest absolute Gasteiger partial charge is 1.00 e. The van der Waals surface area contributed by atoms with Crippen LogP contribution in [0.3, 0.4) is 0 Å². The van der Waals surface area contributed by atoms with Gasteiger partial charge in [0.2, 0.25) is 5.79 Å². The van der Waals surface area contributed by atoms with Crippen molar-refractivity contribution in [3.8, 4) is 0 Å². The summed E-state index contributed by atoms with van der Waals surface area (Å²) in [6.07, 6.45) is 2.83. The first-order valence-corrected chi connectivity index (χ1v) is 12.5. The molecule has 0 aromatic heterocycles. The summed E-state index contributed by atoms with van der Waals surface area (Å²) in [7, 11) is 2.76. The molecule has 10 nitrogen and oxygen atoms in total. The van der Waals surface area contributed by atoms with E-state index in [0.29, 0.717) is 5.57 Å². The Bertz CT molecular complexity index is 1130. The van der Waals surface area contributed by atoms with Crippen molar-refractivity contribution in [1.82, 2.24) is 4.90 Å². The van der Waals surface area contributed by atoms with Gasteiger partial charge >= 0.3 is 35.5 Å². The molecule has 3 fully saturated rings. The Labute approximate surface area is 244 Å². The molecular formula is C27H34NNaO9. The Morgan fingerprint density at radius 3 is 2.42 bits per heavy atom. The quantitative estimate of drug-likeness (QED) is 0.122. The van der Waals surface area contributed by atoms with Gasteiger partial charge in [-0.1, -0.05) is 37.3 Å². The second-order valence-corrected chi connectivity index (χ2v) is 10.8. The minimum absolute atomic E-state index is 0. The summed E-state index contributed by atoms with van der Waals surface area (Å²) >= 11 is 0. The van der Waals surface area contributed by atoms with Gasteiger partial charge in [0, 0.05) is 31.8 Å². The predicted molar refractivity (Wildman–Crippen MR) is 127 cm³/mol. The van der Waals surface area contributed by atoms with Gasteiger partial charge in [-0.05, 0) is 26.8 Å². The number of rotatable bonds is 6. The number of carbonyl (C=O) groups is 4. The Balaban J connectivity index is 0.00000400. The molecule has 1 amide bonds. The average Bonchev–Trinajstić information content (AvgIpc) is 3.20. The third-order valence-corrected chi connectivity index (χ3v) is 7.96. The van der Waals surface area contributed by atoms with Gasteiger partial charge in [0.15, 0.2) is 11.6 Å². The SMILES string of the molecule is COC(=O)C1C(C)OC2(C)CC(=O)C3OC12OC(C(C)/C=C(C)/C=C/C(=O)C1=C([O-])CN(C)C1=O)C3C.[Na+]. The van der Waals surface area contributed by atoms with Gasteiger partial charge in [-0.15, -0.1) is 0 Å². The number of carbonyl (C=O) groups excluding carboxylic acids is 4. The number of amides is 1. The number of hydrogen-bond donors (Lipinski definition) is 0. The number of allylic oxidation sites excluding steroid dienone is 3. The van der Waals surface area contributed by atoms with Gasteiger partial charge in [-0.25, -0.2) is 0 Å². The van der Waals surface area contributed by atoms with Crippen LogP contribution in [0.25, 0.3) is 0 Å². The van der Waals surface area contributed by atoms with Crippen LogP contribution in [0.4, 0.5) is 0 Å². The van der Waals surface area contributed by atoms with Gasteiger partial charge < -0.3 is 29.0 Å². The molecule has 4 aliphatic heterocycles. The van der Waals surface area contributed by atoms with E-state index >= 15 is 0 Å². The number of likely N-dealkylation sites (N-methyl/N-ethyl adjacent to an activating group) is 1. The number of ether oxygens (including phenoxy) is 4. The average molecular weight is 540 g/mol. The number of fused-ring (bicyclic) bond motifs is 1. The van der Waals surface area contributed by atoms with Crippen LogP contribution in [0, 0.1) is 17.8 Å². The molecule has 202 valence electrons. The predicted octanol–water partition coefficient (Wildman–Crippen LogP) is -2.16. The van der Waals surface area contributed by atoms with E-state index in [1.165, 1.54) is 25.1 Å². The number of nitrogens with zero attached hydrogens (tertiary/aromatic N) is 1. The molecule has 0 aromatic rings. The van der Waals surface area contributed by atoms with Crippen molar-refractivity contribution < 1.29 is 72.8 Å². The monoisotopic (exact) mass is 539 g/mol. The fourth-order valence-electron chi connectivity index (χ4n) is 6.19. The first-order valence-electron chi connectivity index (χ1n) is 12.5. The minimum Gasteiger partial charge on any atom is -0.874 e. The molecule has 4 rings (SSSR count). The second-order valence-electron chi connectivity index (χ2n) is 10.8. The fourth-order valence-corrected chi connectivity index (χ4v) is 6.19. The van der Waals surface area contributed by atoms with Gasteiger partial charge in [0.1, 0.15) is 17.6 Å². The molecule has 4 aliphatic rings. The van der Waals surface area contributed by atoms with E-state index in [1.54, 1.807) is 26.8 Å². The van der Waals surface area contributed by atoms with E-state index < -0.39 is 59.0 Å². The van der Waals surface area contributed by atoms with E-state index in [-0.39, 0.29) is 65.7 Å². The van der Waals surface area contributed by atoms with Gasteiger partial charge in [-0.3, -0.25) is 19.2 Å². The van der Waals surface area contributed by atoms with E-state index in [0.717, 1.165) is 0 Å². The van der Waals surface area contributed by atoms with Crippen molar-refractivity contribution >= 4 is 23.4 Å². The van der Waals surface area contributed by atoms with Crippen LogP contribution in [0.5, 0.6) is 0 Å². The standard InChI is InChI=1S/C27H35NO9.Na/c1-13(8-9-17(29)20-19(31)12-28(6)24(20)32)10-14(2)22-15(3)23-18(30)11-26(5)27(36-22,37-23)21(16(4)35-26)25(33)34-7;/h8-10,14-16,21-23,31H,11-12H2,1-7H3;/q;+1/p-1/b9-8+,13-10+;. The summed E-state index contributed by atoms with van der Waals surface area (Å²) in [6.45, 7) is 8.94. The molecule has 0 N–H and O–H groups in total. The molecule has 38 heavy (non-hydrogen) atoms. The summed E-state index contributed by atoms with van der Waals surface area (Å²) in [5, 5.41) is 12.0. The number of methoxy groups -OCH3 is 1. The normalized spacial score (nSPS) is 37.8. The number of ketones is 2. The first-order chi connectivity index (χ1) is 17.3. The maximum Gasteiger partial charge on any atom is 1.00 e. The van der Waals surface area contributed by atoms with Crippen LogP contribution in [0.2, 0.25) is 0 Å². The topological polar surface area (TPSA) is 132 Å². The Morgan fingerprint density at radius 2 is 1.84 bits per heavy atom. The first kappa shape index (κ1) is 30.7. The van der Waals surface area contributed by atoms with E-state index in [2.05, 4.69) is 0 Å². The fraction of sp³-hybridized carbons (Fsp3) is 0.630. The van der Waals surface area contributed by atoms with Crippen LogP contribution in [-0.2, 0) is 38.1 Å². The van der Waals surface area contributed by atoms with Crippen LogP contribution < -0.4 is 34.7 Å². The third kappa shape index (κ3) is 4.84. The Morgan fingerprint density at radius 1 is 1.18 bits per heavy atom.